The van der Waals surface area contributed by atoms with E-state index in [0.717, 1.165) is 48.9 Å². The van der Waals surface area contributed by atoms with Crippen LogP contribution >= 0.6 is 0 Å². The first kappa shape index (κ1) is 22.2. The summed E-state index contributed by atoms with van der Waals surface area (Å²) in [6, 6.07) is 4.30. The van der Waals surface area contributed by atoms with Gasteiger partial charge in [-0.1, -0.05) is 44.4 Å². The molecule has 1 N–H and O–H groups in total. The van der Waals surface area contributed by atoms with Gasteiger partial charge in [0.25, 0.3) is 0 Å². The van der Waals surface area contributed by atoms with E-state index in [1.165, 1.54) is 12.7 Å². The Bertz CT molecular complexity index is 906. The summed E-state index contributed by atoms with van der Waals surface area (Å²) in [7, 11) is 1.47. The standard InChI is InChI=1S/C23H32N4O3/c1-14(2)15-7-9-17-16(20(15)26-19(28)13-25-27-24)8-10-18-22(17,3)11-6-12-23(18,4)21(29)30-5/h7,9,14,18H,6,8,10-13H2,1-5H3,(H,26,28)/t18-,22-,23-/m1/s1. The number of fused-ring (bicyclic) bond motifs is 3. The maximum Gasteiger partial charge on any atom is 0.311 e. The molecule has 0 radical (unpaired) electrons. The van der Waals surface area contributed by atoms with E-state index in [1.807, 2.05) is 0 Å². The Kier molecular flexibility index (Phi) is 6.14. The van der Waals surface area contributed by atoms with Gasteiger partial charge in [-0.2, -0.15) is 0 Å². The van der Waals surface area contributed by atoms with E-state index in [0.29, 0.717) is 0 Å². The van der Waals surface area contributed by atoms with Gasteiger partial charge in [-0.25, -0.2) is 0 Å². The van der Waals surface area contributed by atoms with Crippen molar-refractivity contribution in [1.29, 1.82) is 0 Å². The summed E-state index contributed by atoms with van der Waals surface area (Å²) in [5, 5.41) is 6.43. The smallest absolute Gasteiger partial charge is 0.311 e. The van der Waals surface area contributed by atoms with Crippen molar-refractivity contribution in [1.82, 2.24) is 0 Å². The van der Waals surface area contributed by atoms with Crippen molar-refractivity contribution in [2.45, 2.75) is 71.1 Å². The molecule has 0 bridgehead atoms. The van der Waals surface area contributed by atoms with Crippen LogP contribution in [0.4, 0.5) is 5.69 Å². The molecular weight excluding hydrogens is 380 g/mol. The van der Waals surface area contributed by atoms with Crippen LogP contribution in [-0.2, 0) is 26.2 Å². The second kappa shape index (κ2) is 8.31. The minimum absolute atomic E-state index is 0.122. The predicted octanol–water partition coefficient (Wildman–Crippen LogP) is 5.24. The first-order valence-corrected chi connectivity index (χ1v) is 10.7. The summed E-state index contributed by atoms with van der Waals surface area (Å²) in [5.74, 6) is -0.000356. The van der Waals surface area contributed by atoms with Gasteiger partial charge in [0.15, 0.2) is 0 Å². The third-order valence-electron chi connectivity index (χ3n) is 7.39. The minimum Gasteiger partial charge on any atom is -0.469 e. The number of hydrogen-bond donors (Lipinski definition) is 1. The number of azide groups is 1. The van der Waals surface area contributed by atoms with Crippen LogP contribution in [0.25, 0.3) is 10.4 Å². The Labute approximate surface area is 178 Å². The van der Waals surface area contributed by atoms with Crippen molar-refractivity contribution in [2.75, 3.05) is 19.0 Å². The Balaban J connectivity index is 2.10. The molecule has 30 heavy (non-hydrogen) atoms. The van der Waals surface area contributed by atoms with Crippen LogP contribution in [-0.4, -0.2) is 25.5 Å². The van der Waals surface area contributed by atoms with E-state index in [4.69, 9.17) is 10.3 Å². The maximum absolute atomic E-state index is 12.7. The Morgan fingerprint density at radius 1 is 1.33 bits per heavy atom. The molecule has 2 aliphatic carbocycles. The molecule has 1 aromatic rings. The van der Waals surface area contributed by atoms with E-state index in [2.05, 4.69) is 55.2 Å². The number of hydrogen-bond acceptors (Lipinski definition) is 4. The lowest BCUT2D eigenvalue weighted by Gasteiger charge is -2.54. The number of carbonyl (C=O) groups excluding carboxylic acids is 2. The number of nitrogens with one attached hydrogen (secondary N) is 1. The highest BCUT2D eigenvalue weighted by Crippen LogP contribution is 2.58. The number of anilines is 1. The quantitative estimate of drug-likeness (QED) is 0.309. The summed E-state index contributed by atoms with van der Waals surface area (Å²) < 4.78 is 5.20. The number of nitrogens with zero attached hydrogens (tertiary/aromatic N) is 3. The molecule has 162 valence electrons. The lowest BCUT2D eigenvalue weighted by atomic mass is 9.49. The Morgan fingerprint density at radius 2 is 2.07 bits per heavy atom. The molecule has 7 heteroatoms. The van der Waals surface area contributed by atoms with Crippen LogP contribution in [0.5, 0.6) is 0 Å². The second-order valence-electron chi connectivity index (χ2n) is 9.42. The third kappa shape index (κ3) is 3.56. The van der Waals surface area contributed by atoms with Gasteiger partial charge in [-0.3, -0.25) is 9.59 Å². The number of amides is 1. The van der Waals surface area contributed by atoms with Crippen molar-refractivity contribution < 1.29 is 14.3 Å². The Hall–Kier alpha value is -2.53. The van der Waals surface area contributed by atoms with Crippen molar-refractivity contribution in [3.05, 3.63) is 39.3 Å². The molecule has 0 aliphatic heterocycles. The molecule has 0 heterocycles. The lowest BCUT2D eigenvalue weighted by molar-refractivity contribution is -0.161. The number of esters is 1. The molecular formula is C23H32N4O3. The highest BCUT2D eigenvalue weighted by atomic mass is 16.5. The molecule has 1 saturated carbocycles. The molecule has 2 aliphatic rings. The maximum atomic E-state index is 12.7. The van der Waals surface area contributed by atoms with Crippen LogP contribution in [0.1, 0.15) is 76.0 Å². The molecule has 3 rings (SSSR count). The molecule has 0 saturated heterocycles. The molecule has 0 aromatic heterocycles. The van der Waals surface area contributed by atoms with Gasteiger partial charge in [-0.05, 0) is 72.1 Å². The third-order valence-corrected chi connectivity index (χ3v) is 7.39. The van der Waals surface area contributed by atoms with Crippen molar-refractivity contribution in [3.63, 3.8) is 0 Å². The molecule has 0 unspecified atom stereocenters. The first-order valence-electron chi connectivity index (χ1n) is 10.7. The van der Waals surface area contributed by atoms with Crippen LogP contribution in [0.15, 0.2) is 17.2 Å². The lowest BCUT2D eigenvalue weighted by Crippen LogP contribution is -2.52. The van der Waals surface area contributed by atoms with Crippen molar-refractivity contribution >= 4 is 17.6 Å². The zero-order valence-corrected chi connectivity index (χ0v) is 18.6. The fourth-order valence-electron chi connectivity index (χ4n) is 5.96. The summed E-state index contributed by atoms with van der Waals surface area (Å²) in [5.41, 5.74) is 12.2. The van der Waals surface area contributed by atoms with Crippen LogP contribution < -0.4 is 5.32 Å². The average Bonchev–Trinajstić information content (AvgIpc) is 2.71. The van der Waals surface area contributed by atoms with Gasteiger partial charge in [0.2, 0.25) is 5.91 Å². The number of methoxy groups -OCH3 is 1. The van der Waals surface area contributed by atoms with Gasteiger partial charge in [0.05, 0.1) is 12.5 Å². The van der Waals surface area contributed by atoms with Gasteiger partial charge in [0.1, 0.15) is 6.54 Å². The molecule has 7 nitrogen and oxygen atoms in total. The first-order chi connectivity index (χ1) is 14.2. The predicted molar refractivity (Wildman–Crippen MR) is 116 cm³/mol. The van der Waals surface area contributed by atoms with E-state index in [1.54, 1.807) is 0 Å². The molecule has 1 aromatic carbocycles. The van der Waals surface area contributed by atoms with Gasteiger partial charge < -0.3 is 10.1 Å². The monoisotopic (exact) mass is 412 g/mol. The van der Waals surface area contributed by atoms with Crippen molar-refractivity contribution in [2.24, 2.45) is 16.4 Å². The largest absolute Gasteiger partial charge is 0.469 e. The number of benzene rings is 1. The Morgan fingerprint density at radius 3 is 2.70 bits per heavy atom. The van der Waals surface area contributed by atoms with E-state index < -0.39 is 5.41 Å². The van der Waals surface area contributed by atoms with Gasteiger partial charge in [-0.15, -0.1) is 0 Å². The van der Waals surface area contributed by atoms with Crippen molar-refractivity contribution in [3.8, 4) is 0 Å². The van der Waals surface area contributed by atoms with Gasteiger partial charge in [0, 0.05) is 10.6 Å². The fourth-order valence-corrected chi connectivity index (χ4v) is 5.96. The summed E-state index contributed by atoms with van der Waals surface area (Å²) in [4.78, 5) is 27.8. The molecule has 1 fully saturated rings. The topological polar surface area (TPSA) is 104 Å². The second-order valence-corrected chi connectivity index (χ2v) is 9.42. The summed E-state index contributed by atoms with van der Waals surface area (Å²) >= 11 is 0. The number of rotatable bonds is 5. The van der Waals surface area contributed by atoms with Crippen LogP contribution in [0.2, 0.25) is 0 Å². The average molecular weight is 413 g/mol. The van der Waals surface area contributed by atoms with E-state index in [9.17, 15) is 9.59 Å². The fraction of sp³-hybridized carbons (Fsp3) is 0.652. The van der Waals surface area contributed by atoms with Crippen LogP contribution in [0.3, 0.4) is 0 Å². The summed E-state index contributed by atoms with van der Waals surface area (Å²) in [6.45, 7) is 8.30. The molecule has 3 atom stereocenters. The van der Waals surface area contributed by atoms with Gasteiger partial charge >= 0.3 is 5.97 Å². The SMILES string of the molecule is COC(=O)[C@]1(C)CCC[C@]2(C)c3ccc(C(C)C)c(NC(=O)CN=[N+]=[N-])c3CC[C@@H]12. The molecule has 0 spiro atoms. The molecule has 1 amide bonds. The highest BCUT2D eigenvalue weighted by molar-refractivity contribution is 5.94. The zero-order chi connectivity index (χ0) is 22.1. The van der Waals surface area contributed by atoms with Crippen LogP contribution in [0, 0.1) is 11.3 Å². The van der Waals surface area contributed by atoms with E-state index in [-0.39, 0.29) is 35.7 Å². The zero-order valence-electron chi connectivity index (χ0n) is 18.6. The van der Waals surface area contributed by atoms with E-state index >= 15 is 0 Å². The highest BCUT2D eigenvalue weighted by Gasteiger charge is 2.56. The number of ether oxygens (including phenoxy) is 1. The summed E-state index contributed by atoms with van der Waals surface area (Å²) in [6.07, 6.45) is 4.47. The number of carbonyl (C=O) groups is 2. The minimum atomic E-state index is -0.499. The normalized spacial score (nSPS) is 27.5.